The van der Waals surface area contributed by atoms with Gasteiger partial charge >= 0.3 is 51.1 Å². The van der Waals surface area contributed by atoms with E-state index in [1.54, 1.807) is 0 Å². The van der Waals surface area contributed by atoms with E-state index >= 15 is 0 Å². The van der Waals surface area contributed by atoms with Crippen molar-refractivity contribution in [1.82, 2.24) is 4.90 Å². The number of hydrogen-bond acceptors (Lipinski definition) is 1. The first kappa shape index (κ1) is 6.41. The summed E-state index contributed by atoms with van der Waals surface area (Å²) in [6.07, 6.45) is 0. The molecular weight excluding hydrogens is 161 g/mol. The molecule has 0 aromatic carbocycles. The molecule has 36 valence electrons. The van der Waals surface area contributed by atoms with Crippen molar-refractivity contribution in [2.24, 2.45) is 0 Å². The van der Waals surface area contributed by atoms with Gasteiger partial charge in [-0.25, -0.2) is 0 Å². The van der Waals surface area contributed by atoms with Crippen LogP contribution in [0.15, 0.2) is 0 Å². The second-order valence-corrected chi connectivity index (χ2v) is 2.94. The molecule has 0 saturated heterocycles. The molecule has 0 unspecified atom stereocenters. The molecule has 0 N–H and O–H groups in total. The molecule has 0 heterocycles. The van der Waals surface area contributed by atoms with Crippen LogP contribution in [0.25, 0.3) is 0 Å². The Kier molecular flexibility index (Phi) is 2.73. The zero-order valence-corrected chi connectivity index (χ0v) is 6.29. The molecule has 0 spiro atoms. The van der Waals surface area contributed by atoms with E-state index in [1.165, 1.54) is 0 Å². The number of hydrogen-bond donors (Lipinski definition) is 0. The zero-order chi connectivity index (χ0) is 5.15. The third-order valence-electron chi connectivity index (χ3n) is 0.365. The molecule has 0 aromatic heterocycles. The van der Waals surface area contributed by atoms with E-state index in [9.17, 15) is 0 Å². The molecule has 0 radical (unpaired) electrons. The number of rotatable bonds is 0. The van der Waals surface area contributed by atoms with Crippen LogP contribution in [0.3, 0.4) is 0 Å². The van der Waals surface area contributed by atoms with Crippen LogP contribution in [0, 0.1) is 0 Å². The van der Waals surface area contributed by atoms with Gasteiger partial charge in [0.1, 0.15) is 0 Å². The second kappa shape index (κ2) is 2.56. The Morgan fingerprint density at radius 2 is 1.83 bits per heavy atom. The SMILES string of the molecule is CN(C)C(=S)[Se-]. The standard InChI is InChI=1S/C3H7NSSe/c1-4(2)3(5)6/h1-2H3,(H,5,6)/p-1. The molecule has 0 amide bonds. The van der Waals surface area contributed by atoms with E-state index in [-0.39, 0.29) is 0 Å². The van der Waals surface area contributed by atoms with Gasteiger partial charge in [0.2, 0.25) is 0 Å². The van der Waals surface area contributed by atoms with E-state index in [1.807, 2.05) is 19.0 Å². The van der Waals surface area contributed by atoms with Crippen LogP contribution in [0.4, 0.5) is 0 Å². The van der Waals surface area contributed by atoms with Gasteiger partial charge in [-0.2, -0.15) is 0 Å². The Morgan fingerprint density at radius 1 is 1.67 bits per heavy atom. The summed E-state index contributed by atoms with van der Waals surface area (Å²) >= 11 is 7.39. The van der Waals surface area contributed by atoms with Crippen LogP contribution in [-0.4, -0.2) is 38.9 Å². The molecule has 0 aliphatic carbocycles. The van der Waals surface area contributed by atoms with Gasteiger partial charge < -0.3 is 0 Å². The predicted octanol–water partition coefficient (Wildman–Crippen LogP) is 0.00140. The molecule has 0 rings (SSSR count). The Bertz CT molecular complexity index is 61.8. The van der Waals surface area contributed by atoms with Crippen molar-refractivity contribution in [3.8, 4) is 0 Å². The van der Waals surface area contributed by atoms with Gasteiger partial charge in [0.05, 0.1) is 0 Å². The van der Waals surface area contributed by atoms with Gasteiger partial charge in [0, 0.05) is 0 Å². The fraction of sp³-hybridized carbons (Fsp3) is 0.667. The molecular formula is C3H6NSSe-. The van der Waals surface area contributed by atoms with Crippen LogP contribution in [0.1, 0.15) is 0 Å². The quantitative estimate of drug-likeness (QED) is 0.369. The van der Waals surface area contributed by atoms with Gasteiger partial charge in [-0.1, -0.05) is 0 Å². The molecule has 3 heteroatoms. The van der Waals surface area contributed by atoms with Gasteiger partial charge in [0.15, 0.2) is 0 Å². The molecule has 0 saturated carbocycles. The molecule has 0 aliphatic rings. The third kappa shape index (κ3) is 2.64. The summed E-state index contributed by atoms with van der Waals surface area (Å²) in [6.45, 7) is 0. The van der Waals surface area contributed by atoms with E-state index in [0.717, 1.165) is 3.89 Å². The zero-order valence-electron chi connectivity index (χ0n) is 3.76. The van der Waals surface area contributed by atoms with Crippen molar-refractivity contribution in [3.05, 3.63) is 0 Å². The van der Waals surface area contributed by atoms with Gasteiger partial charge in [-0.15, -0.1) is 0 Å². The third-order valence-corrected chi connectivity index (χ3v) is 1.50. The number of nitrogens with zero attached hydrogens (tertiary/aromatic N) is 1. The average Bonchev–Trinajstić information content (AvgIpc) is 1.36. The van der Waals surface area contributed by atoms with Crippen LogP contribution >= 0.6 is 12.2 Å². The topological polar surface area (TPSA) is 3.24 Å². The monoisotopic (exact) mass is 168 g/mol. The van der Waals surface area contributed by atoms with Crippen LogP contribution < -0.4 is 0 Å². The van der Waals surface area contributed by atoms with Crippen LogP contribution in [0.5, 0.6) is 0 Å². The maximum absolute atomic E-state index is 4.69. The van der Waals surface area contributed by atoms with Crippen molar-refractivity contribution >= 4 is 32.1 Å². The summed E-state index contributed by atoms with van der Waals surface area (Å²) in [5.41, 5.74) is 0. The average molecular weight is 167 g/mol. The first-order chi connectivity index (χ1) is 2.64. The maximum atomic E-state index is 4.69. The fourth-order valence-electron chi connectivity index (χ4n) is 0. The van der Waals surface area contributed by atoms with Crippen molar-refractivity contribution in [3.63, 3.8) is 0 Å². The minimum atomic E-state index is 0.801. The van der Waals surface area contributed by atoms with Gasteiger partial charge in [-0.3, -0.25) is 0 Å². The molecule has 0 bridgehead atoms. The summed E-state index contributed by atoms with van der Waals surface area (Å²) in [4.78, 5) is 1.84. The first-order valence-electron chi connectivity index (χ1n) is 1.53. The number of thiocarbonyl (C=S) groups is 1. The van der Waals surface area contributed by atoms with Gasteiger partial charge in [0.25, 0.3) is 0 Å². The molecule has 6 heavy (non-hydrogen) atoms. The molecule has 1 nitrogen and oxygen atoms in total. The fourth-order valence-corrected chi connectivity index (χ4v) is 0. The summed E-state index contributed by atoms with van der Waals surface area (Å²) in [7, 11) is 3.80. The summed E-state index contributed by atoms with van der Waals surface area (Å²) in [6, 6.07) is 0. The molecule has 0 aliphatic heterocycles. The normalized spacial score (nSPS) is 7.67. The molecule has 0 atom stereocenters. The minimum absolute atomic E-state index is 0.801. The van der Waals surface area contributed by atoms with E-state index in [0.29, 0.717) is 0 Å². The summed E-state index contributed by atoms with van der Waals surface area (Å²) in [5, 5.41) is 0. The van der Waals surface area contributed by atoms with Crippen LogP contribution in [0.2, 0.25) is 0 Å². The van der Waals surface area contributed by atoms with Crippen molar-refractivity contribution in [2.75, 3.05) is 14.1 Å². The van der Waals surface area contributed by atoms with Gasteiger partial charge in [-0.05, 0) is 0 Å². The second-order valence-electron chi connectivity index (χ2n) is 1.16. The van der Waals surface area contributed by atoms with E-state index in [4.69, 9.17) is 0 Å². The summed E-state index contributed by atoms with van der Waals surface area (Å²) in [5.74, 6) is 0. The Morgan fingerprint density at radius 3 is 1.83 bits per heavy atom. The summed E-state index contributed by atoms with van der Waals surface area (Å²) < 4.78 is 0.801. The molecule has 0 fully saturated rings. The van der Waals surface area contributed by atoms with Crippen molar-refractivity contribution in [2.45, 2.75) is 0 Å². The van der Waals surface area contributed by atoms with E-state index in [2.05, 4.69) is 28.2 Å². The predicted molar refractivity (Wildman–Crippen MR) is 32.0 cm³/mol. The van der Waals surface area contributed by atoms with E-state index < -0.39 is 0 Å². The molecule has 0 aromatic rings. The Labute approximate surface area is 51.5 Å². The van der Waals surface area contributed by atoms with Crippen molar-refractivity contribution < 1.29 is 0 Å². The Balaban J connectivity index is 3.26. The Hall–Kier alpha value is 0.409. The first-order valence-corrected chi connectivity index (χ1v) is 2.79. The van der Waals surface area contributed by atoms with Crippen molar-refractivity contribution in [1.29, 1.82) is 0 Å². The van der Waals surface area contributed by atoms with Crippen LogP contribution in [-0.2, 0) is 0 Å².